The molecule has 1 aliphatic rings. The Morgan fingerprint density at radius 1 is 1.28 bits per heavy atom. The summed E-state index contributed by atoms with van der Waals surface area (Å²) in [5.41, 5.74) is 1.57. The minimum Gasteiger partial charge on any atom is -0.340 e. The molecule has 0 bridgehead atoms. The molecule has 18 heavy (non-hydrogen) atoms. The van der Waals surface area contributed by atoms with Crippen LogP contribution in [0.25, 0.3) is 0 Å². The van der Waals surface area contributed by atoms with Crippen molar-refractivity contribution in [3.63, 3.8) is 0 Å². The van der Waals surface area contributed by atoms with E-state index in [1.807, 2.05) is 19.1 Å². The molecule has 94 valence electrons. The van der Waals surface area contributed by atoms with E-state index in [1.54, 1.807) is 12.1 Å². The Labute approximate surface area is 105 Å². The summed E-state index contributed by atoms with van der Waals surface area (Å²) >= 11 is 0. The number of benzene rings is 1. The fourth-order valence-corrected chi connectivity index (χ4v) is 1.78. The third-order valence-corrected chi connectivity index (χ3v) is 2.86. The van der Waals surface area contributed by atoms with E-state index in [1.165, 1.54) is 0 Å². The second-order valence-electron chi connectivity index (χ2n) is 4.34. The largest absolute Gasteiger partial charge is 0.340 e. The molecular weight excluding hydrogens is 232 g/mol. The maximum atomic E-state index is 11.9. The SMILES string of the molecule is Cc1ccc(C(=O)N[C@H]2CCC(=O)NC2=O)cc1. The summed E-state index contributed by atoms with van der Waals surface area (Å²) in [6, 6.07) is 6.45. The molecule has 1 aliphatic heterocycles. The molecule has 0 radical (unpaired) electrons. The Balaban J connectivity index is 2.01. The number of imide groups is 1. The van der Waals surface area contributed by atoms with Gasteiger partial charge < -0.3 is 5.32 Å². The maximum Gasteiger partial charge on any atom is 0.251 e. The van der Waals surface area contributed by atoms with Gasteiger partial charge in [-0.15, -0.1) is 0 Å². The molecule has 5 heteroatoms. The molecule has 0 unspecified atom stereocenters. The van der Waals surface area contributed by atoms with E-state index >= 15 is 0 Å². The zero-order valence-corrected chi connectivity index (χ0v) is 10.0. The number of carbonyl (C=O) groups excluding carboxylic acids is 3. The average Bonchev–Trinajstić information content (AvgIpc) is 2.33. The number of amides is 3. The van der Waals surface area contributed by atoms with Crippen LogP contribution in [0.1, 0.15) is 28.8 Å². The Hall–Kier alpha value is -2.17. The van der Waals surface area contributed by atoms with Gasteiger partial charge in [-0.3, -0.25) is 19.7 Å². The quantitative estimate of drug-likeness (QED) is 0.747. The third kappa shape index (κ3) is 2.74. The summed E-state index contributed by atoms with van der Waals surface area (Å²) in [7, 11) is 0. The van der Waals surface area contributed by atoms with Crippen LogP contribution in [0, 0.1) is 6.92 Å². The predicted molar refractivity (Wildman–Crippen MR) is 64.8 cm³/mol. The monoisotopic (exact) mass is 246 g/mol. The number of hydrogen-bond donors (Lipinski definition) is 2. The van der Waals surface area contributed by atoms with Crippen molar-refractivity contribution < 1.29 is 14.4 Å². The molecule has 2 rings (SSSR count). The molecule has 1 aromatic rings. The lowest BCUT2D eigenvalue weighted by Gasteiger charge is -2.21. The van der Waals surface area contributed by atoms with Crippen molar-refractivity contribution in [2.24, 2.45) is 0 Å². The van der Waals surface area contributed by atoms with Gasteiger partial charge in [-0.2, -0.15) is 0 Å². The van der Waals surface area contributed by atoms with Crippen LogP contribution in [-0.2, 0) is 9.59 Å². The zero-order chi connectivity index (χ0) is 13.1. The number of aryl methyl sites for hydroxylation is 1. The summed E-state index contributed by atoms with van der Waals surface area (Å²) in [6.45, 7) is 1.93. The fraction of sp³-hybridized carbons (Fsp3) is 0.308. The van der Waals surface area contributed by atoms with Crippen molar-refractivity contribution in [1.29, 1.82) is 0 Å². The minimum absolute atomic E-state index is 0.255. The van der Waals surface area contributed by atoms with Crippen LogP contribution in [0.4, 0.5) is 0 Å². The zero-order valence-electron chi connectivity index (χ0n) is 10.0. The highest BCUT2D eigenvalue weighted by Crippen LogP contribution is 2.07. The fourth-order valence-electron chi connectivity index (χ4n) is 1.78. The summed E-state index contributed by atoms with van der Waals surface area (Å²) in [4.78, 5) is 34.3. The molecule has 1 fully saturated rings. The summed E-state index contributed by atoms with van der Waals surface area (Å²) < 4.78 is 0. The van der Waals surface area contributed by atoms with E-state index in [4.69, 9.17) is 0 Å². The Morgan fingerprint density at radius 3 is 2.56 bits per heavy atom. The van der Waals surface area contributed by atoms with Gasteiger partial charge in [-0.1, -0.05) is 17.7 Å². The van der Waals surface area contributed by atoms with Crippen molar-refractivity contribution in [3.05, 3.63) is 35.4 Å². The minimum atomic E-state index is -0.628. The van der Waals surface area contributed by atoms with E-state index in [-0.39, 0.29) is 18.2 Å². The van der Waals surface area contributed by atoms with Crippen LogP contribution in [0.5, 0.6) is 0 Å². The first-order chi connectivity index (χ1) is 8.56. The molecule has 1 heterocycles. The first-order valence-corrected chi connectivity index (χ1v) is 5.77. The molecule has 2 N–H and O–H groups in total. The van der Waals surface area contributed by atoms with Crippen LogP contribution in [0.2, 0.25) is 0 Å². The average molecular weight is 246 g/mol. The van der Waals surface area contributed by atoms with Crippen LogP contribution in [0.3, 0.4) is 0 Å². The van der Waals surface area contributed by atoms with Crippen molar-refractivity contribution in [2.45, 2.75) is 25.8 Å². The van der Waals surface area contributed by atoms with E-state index in [2.05, 4.69) is 10.6 Å². The first-order valence-electron chi connectivity index (χ1n) is 5.77. The van der Waals surface area contributed by atoms with Crippen LogP contribution < -0.4 is 10.6 Å². The van der Waals surface area contributed by atoms with E-state index in [9.17, 15) is 14.4 Å². The van der Waals surface area contributed by atoms with Gasteiger partial charge >= 0.3 is 0 Å². The standard InChI is InChI=1S/C13H14N2O3/c1-8-2-4-9(5-3-8)12(17)14-10-6-7-11(16)15-13(10)18/h2-5,10H,6-7H2,1H3,(H,14,17)(H,15,16,18)/t10-/m0/s1. The first kappa shape index (κ1) is 12.3. The molecule has 1 aromatic carbocycles. The van der Waals surface area contributed by atoms with E-state index in [0.29, 0.717) is 12.0 Å². The van der Waals surface area contributed by atoms with Gasteiger partial charge in [0.25, 0.3) is 5.91 Å². The maximum absolute atomic E-state index is 11.9. The third-order valence-electron chi connectivity index (χ3n) is 2.86. The molecule has 0 aliphatic carbocycles. The predicted octanol–water partition coefficient (Wildman–Crippen LogP) is 0.530. The number of carbonyl (C=O) groups is 3. The van der Waals surface area contributed by atoms with Crippen LogP contribution in [0.15, 0.2) is 24.3 Å². The highest BCUT2D eigenvalue weighted by Gasteiger charge is 2.27. The molecule has 0 aromatic heterocycles. The Bertz CT molecular complexity index is 493. The molecule has 0 spiro atoms. The molecule has 0 saturated carbocycles. The van der Waals surface area contributed by atoms with Crippen LogP contribution in [-0.4, -0.2) is 23.8 Å². The number of rotatable bonds is 2. The molecule has 1 atom stereocenters. The highest BCUT2D eigenvalue weighted by molar-refractivity contribution is 6.03. The number of hydrogen-bond acceptors (Lipinski definition) is 3. The normalized spacial score (nSPS) is 19.3. The second kappa shape index (κ2) is 5.00. The Morgan fingerprint density at radius 2 is 1.94 bits per heavy atom. The molecule has 5 nitrogen and oxygen atoms in total. The van der Waals surface area contributed by atoms with Gasteiger partial charge in [0.15, 0.2) is 0 Å². The lowest BCUT2D eigenvalue weighted by Crippen LogP contribution is -2.52. The lowest BCUT2D eigenvalue weighted by molar-refractivity contribution is -0.134. The molecule has 1 saturated heterocycles. The van der Waals surface area contributed by atoms with Crippen molar-refractivity contribution >= 4 is 17.7 Å². The highest BCUT2D eigenvalue weighted by atomic mass is 16.2. The van der Waals surface area contributed by atoms with Crippen molar-refractivity contribution in [2.75, 3.05) is 0 Å². The van der Waals surface area contributed by atoms with Gasteiger partial charge in [0.2, 0.25) is 11.8 Å². The van der Waals surface area contributed by atoms with Gasteiger partial charge in [0, 0.05) is 12.0 Å². The number of piperidine rings is 1. The smallest absolute Gasteiger partial charge is 0.251 e. The van der Waals surface area contributed by atoms with Gasteiger partial charge in [0.05, 0.1) is 0 Å². The summed E-state index contributed by atoms with van der Waals surface area (Å²) in [5, 5.41) is 4.82. The van der Waals surface area contributed by atoms with E-state index in [0.717, 1.165) is 5.56 Å². The van der Waals surface area contributed by atoms with Crippen LogP contribution >= 0.6 is 0 Å². The van der Waals surface area contributed by atoms with Gasteiger partial charge in [-0.05, 0) is 25.5 Å². The van der Waals surface area contributed by atoms with Gasteiger partial charge in [-0.25, -0.2) is 0 Å². The summed E-state index contributed by atoms with van der Waals surface area (Å²) in [6.07, 6.45) is 0.604. The topological polar surface area (TPSA) is 75.3 Å². The molecular formula is C13H14N2O3. The van der Waals surface area contributed by atoms with E-state index < -0.39 is 11.9 Å². The second-order valence-corrected chi connectivity index (χ2v) is 4.34. The summed E-state index contributed by atoms with van der Waals surface area (Å²) in [5.74, 6) is -1.03. The Kier molecular flexibility index (Phi) is 3.41. The van der Waals surface area contributed by atoms with Gasteiger partial charge in [0.1, 0.15) is 6.04 Å². The lowest BCUT2D eigenvalue weighted by atomic mass is 10.1. The van der Waals surface area contributed by atoms with Crippen molar-refractivity contribution in [3.8, 4) is 0 Å². The number of nitrogens with one attached hydrogen (secondary N) is 2. The molecule has 3 amide bonds. The van der Waals surface area contributed by atoms with Crippen molar-refractivity contribution in [1.82, 2.24) is 10.6 Å².